The van der Waals surface area contributed by atoms with Crippen LogP contribution in [0.1, 0.15) is 10.8 Å². The Morgan fingerprint density at radius 2 is 2.46 bits per heavy atom. The highest BCUT2D eigenvalue weighted by Gasteiger charge is 1.96. The van der Waals surface area contributed by atoms with Crippen molar-refractivity contribution in [3.63, 3.8) is 0 Å². The van der Waals surface area contributed by atoms with Crippen molar-refractivity contribution in [2.75, 3.05) is 0 Å². The summed E-state index contributed by atoms with van der Waals surface area (Å²) in [5.41, 5.74) is 0. The quantitative estimate of drug-likeness (QED) is 0.687. The number of aromatic nitrogens is 2. The molecular formula is C8H7N3OS. The average molecular weight is 193 g/mol. The highest BCUT2D eigenvalue weighted by Crippen LogP contribution is 2.16. The number of rotatable bonds is 2. The number of aryl methyl sites for hydroxylation is 1. The maximum atomic E-state index is 5.07. The van der Waals surface area contributed by atoms with Crippen LogP contribution in [0.15, 0.2) is 27.8 Å². The van der Waals surface area contributed by atoms with E-state index in [9.17, 15) is 0 Å². The predicted octanol–water partition coefficient (Wildman–Crippen LogP) is 2.19. The molecule has 0 atom stereocenters. The van der Waals surface area contributed by atoms with E-state index in [0.29, 0.717) is 10.9 Å². The third-order valence-electron chi connectivity index (χ3n) is 1.36. The molecule has 0 amide bonds. The van der Waals surface area contributed by atoms with Crippen molar-refractivity contribution >= 4 is 22.7 Å². The monoisotopic (exact) mass is 193 g/mol. The standard InChI is InChI=1S/C8H7N3OS/c1-6-10-11-8(13-6)9-5-7-3-2-4-12-7/h2-5H,1H3. The lowest BCUT2D eigenvalue weighted by Gasteiger charge is -1.80. The molecule has 0 aliphatic heterocycles. The Hall–Kier alpha value is -1.49. The molecule has 2 aromatic heterocycles. The molecule has 0 aromatic carbocycles. The number of nitrogens with zero attached hydrogens (tertiary/aromatic N) is 3. The van der Waals surface area contributed by atoms with Crippen LogP contribution in [-0.4, -0.2) is 16.4 Å². The number of furan rings is 1. The first-order valence-electron chi connectivity index (χ1n) is 3.72. The molecule has 0 aliphatic rings. The van der Waals surface area contributed by atoms with Crippen molar-refractivity contribution in [1.29, 1.82) is 0 Å². The Kier molecular flexibility index (Phi) is 2.18. The fourth-order valence-electron chi connectivity index (χ4n) is 0.822. The highest BCUT2D eigenvalue weighted by molar-refractivity contribution is 7.14. The molecule has 5 heteroatoms. The smallest absolute Gasteiger partial charge is 0.231 e. The van der Waals surface area contributed by atoms with Gasteiger partial charge in [-0.15, -0.1) is 10.2 Å². The van der Waals surface area contributed by atoms with E-state index in [0.717, 1.165) is 5.01 Å². The highest BCUT2D eigenvalue weighted by atomic mass is 32.1. The molecule has 0 radical (unpaired) electrons. The van der Waals surface area contributed by atoms with Gasteiger partial charge in [0.15, 0.2) is 0 Å². The largest absolute Gasteiger partial charge is 0.463 e. The molecule has 0 saturated carbocycles. The molecule has 2 heterocycles. The van der Waals surface area contributed by atoms with E-state index in [2.05, 4.69) is 15.2 Å². The van der Waals surface area contributed by atoms with Gasteiger partial charge in [0.05, 0.1) is 12.5 Å². The minimum atomic E-state index is 0.647. The molecule has 0 saturated heterocycles. The second-order valence-electron chi connectivity index (χ2n) is 2.38. The molecule has 4 nitrogen and oxygen atoms in total. The molecule has 0 aliphatic carbocycles. The zero-order valence-corrected chi connectivity index (χ0v) is 7.78. The van der Waals surface area contributed by atoms with Crippen LogP contribution in [0, 0.1) is 6.92 Å². The second kappa shape index (κ2) is 3.49. The summed E-state index contributed by atoms with van der Waals surface area (Å²) in [5.74, 6) is 0.716. The van der Waals surface area contributed by atoms with E-state index in [-0.39, 0.29) is 0 Å². The van der Waals surface area contributed by atoms with E-state index in [1.54, 1.807) is 12.5 Å². The fraction of sp³-hybridized carbons (Fsp3) is 0.125. The fourth-order valence-corrected chi connectivity index (χ4v) is 1.35. The Morgan fingerprint density at radius 1 is 1.54 bits per heavy atom. The van der Waals surface area contributed by atoms with Crippen LogP contribution in [0.4, 0.5) is 5.13 Å². The lowest BCUT2D eigenvalue weighted by Crippen LogP contribution is -1.72. The minimum absolute atomic E-state index is 0.647. The Morgan fingerprint density at radius 3 is 3.08 bits per heavy atom. The van der Waals surface area contributed by atoms with Crippen molar-refractivity contribution in [2.45, 2.75) is 6.92 Å². The van der Waals surface area contributed by atoms with Crippen LogP contribution in [-0.2, 0) is 0 Å². The van der Waals surface area contributed by atoms with Gasteiger partial charge in [-0.2, -0.15) is 0 Å². The SMILES string of the molecule is Cc1nnc(N=Cc2ccco2)s1. The number of aliphatic imine (C=N–C) groups is 1. The summed E-state index contributed by atoms with van der Waals surface area (Å²) in [6.45, 7) is 1.89. The maximum Gasteiger partial charge on any atom is 0.231 e. The first kappa shape index (κ1) is 8.12. The topological polar surface area (TPSA) is 51.3 Å². The summed E-state index contributed by atoms with van der Waals surface area (Å²) in [6.07, 6.45) is 3.23. The van der Waals surface area contributed by atoms with Crippen LogP contribution in [0.25, 0.3) is 0 Å². The van der Waals surface area contributed by atoms with E-state index >= 15 is 0 Å². The van der Waals surface area contributed by atoms with Crippen molar-refractivity contribution in [2.24, 2.45) is 4.99 Å². The van der Waals surface area contributed by atoms with Gasteiger partial charge < -0.3 is 4.42 Å². The summed E-state index contributed by atoms with van der Waals surface area (Å²) in [5, 5.41) is 9.24. The number of hydrogen-bond acceptors (Lipinski definition) is 5. The van der Waals surface area contributed by atoms with Crippen molar-refractivity contribution < 1.29 is 4.42 Å². The maximum absolute atomic E-state index is 5.07. The zero-order chi connectivity index (χ0) is 9.10. The lowest BCUT2D eigenvalue weighted by molar-refractivity contribution is 0.560. The van der Waals surface area contributed by atoms with Crippen LogP contribution in [0.2, 0.25) is 0 Å². The van der Waals surface area contributed by atoms with Gasteiger partial charge in [0.2, 0.25) is 5.13 Å². The molecule has 0 spiro atoms. The van der Waals surface area contributed by atoms with Gasteiger partial charge in [-0.05, 0) is 19.1 Å². The summed E-state index contributed by atoms with van der Waals surface area (Å²) >= 11 is 1.45. The molecule has 2 aromatic rings. The van der Waals surface area contributed by atoms with Crippen LogP contribution in [0.3, 0.4) is 0 Å². The summed E-state index contributed by atoms with van der Waals surface area (Å²) in [4.78, 5) is 4.10. The minimum Gasteiger partial charge on any atom is -0.463 e. The molecule has 0 unspecified atom stereocenters. The molecule has 66 valence electrons. The molecule has 0 N–H and O–H groups in total. The van der Waals surface area contributed by atoms with Crippen molar-refractivity contribution in [1.82, 2.24) is 10.2 Å². The zero-order valence-electron chi connectivity index (χ0n) is 6.97. The van der Waals surface area contributed by atoms with Gasteiger partial charge in [0.1, 0.15) is 10.8 Å². The first-order valence-corrected chi connectivity index (χ1v) is 4.54. The first-order chi connectivity index (χ1) is 6.34. The van der Waals surface area contributed by atoms with Crippen LogP contribution < -0.4 is 0 Å². The van der Waals surface area contributed by atoms with Crippen molar-refractivity contribution in [3.05, 3.63) is 29.2 Å². The van der Waals surface area contributed by atoms with Crippen LogP contribution in [0.5, 0.6) is 0 Å². The van der Waals surface area contributed by atoms with Gasteiger partial charge >= 0.3 is 0 Å². The van der Waals surface area contributed by atoms with Gasteiger partial charge in [-0.25, -0.2) is 4.99 Å². The Bertz CT molecular complexity index is 405. The van der Waals surface area contributed by atoms with Gasteiger partial charge in [0, 0.05) is 0 Å². The summed E-state index contributed by atoms with van der Waals surface area (Å²) in [7, 11) is 0. The van der Waals surface area contributed by atoms with Gasteiger partial charge in [-0.1, -0.05) is 11.3 Å². The third kappa shape index (κ3) is 2.00. The molecule has 0 fully saturated rings. The Balaban J connectivity index is 2.14. The van der Waals surface area contributed by atoms with Crippen LogP contribution >= 0.6 is 11.3 Å². The molecule has 13 heavy (non-hydrogen) atoms. The average Bonchev–Trinajstić information content (AvgIpc) is 2.71. The number of hydrogen-bond donors (Lipinski definition) is 0. The van der Waals surface area contributed by atoms with E-state index in [4.69, 9.17) is 4.42 Å². The van der Waals surface area contributed by atoms with E-state index in [1.807, 2.05) is 19.1 Å². The molecular weight excluding hydrogens is 186 g/mol. The molecule has 0 bridgehead atoms. The van der Waals surface area contributed by atoms with E-state index in [1.165, 1.54) is 11.3 Å². The predicted molar refractivity (Wildman–Crippen MR) is 50.6 cm³/mol. The summed E-state index contributed by atoms with van der Waals surface area (Å²) in [6, 6.07) is 3.64. The lowest BCUT2D eigenvalue weighted by atomic mass is 10.5. The third-order valence-corrected chi connectivity index (χ3v) is 2.11. The molecule has 2 rings (SSSR count). The second-order valence-corrected chi connectivity index (χ2v) is 3.54. The van der Waals surface area contributed by atoms with E-state index < -0.39 is 0 Å². The normalized spacial score (nSPS) is 11.2. The Labute approximate surface area is 79.0 Å². The van der Waals surface area contributed by atoms with Gasteiger partial charge in [-0.3, -0.25) is 0 Å². The van der Waals surface area contributed by atoms with Crippen molar-refractivity contribution in [3.8, 4) is 0 Å². The summed E-state index contributed by atoms with van der Waals surface area (Å²) < 4.78 is 5.07. The van der Waals surface area contributed by atoms with Gasteiger partial charge in [0.25, 0.3) is 0 Å².